The van der Waals surface area contributed by atoms with Crippen LogP contribution in [0.3, 0.4) is 0 Å². The fourth-order valence-corrected chi connectivity index (χ4v) is 1.33. The minimum absolute atomic E-state index is 0.417. The molecule has 4 heteroatoms. The lowest BCUT2D eigenvalue weighted by atomic mass is 10.1. The van der Waals surface area contributed by atoms with Crippen LogP contribution in [0.2, 0.25) is 0 Å². The normalized spacial score (nSPS) is 10.4. The van der Waals surface area contributed by atoms with Crippen molar-refractivity contribution in [1.29, 1.82) is 0 Å². The molecule has 0 fully saturated rings. The Bertz CT molecular complexity index is 485. The first-order valence-corrected chi connectivity index (χ1v) is 4.34. The van der Waals surface area contributed by atoms with Gasteiger partial charge in [0.25, 0.3) is 0 Å². The third-order valence-electron chi connectivity index (χ3n) is 1.92. The highest BCUT2D eigenvalue weighted by atomic mass is 16.5. The lowest BCUT2D eigenvalue weighted by molar-refractivity contribution is 0.380. The van der Waals surface area contributed by atoms with Crippen LogP contribution in [0.4, 0.5) is 0 Å². The second kappa shape index (κ2) is 3.49. The first-order valence-electron chi connectivity index (χ1n) is 4.34. The van der Waals surface area contributed by atoms with E-state index >= 15 is 0 Å². The summed E-state index contributed by atoms with van der Waals surface area (Å²) in [6.07, 6.45) is 0.542. The van der Waals surface area contributed by atoms with Crippen LogP contribution in [0, 0.1) is 6.92 Å². The Hall–Kier alpha value is -1.84. The summed E-state index contributed by atoms with van der Waals surface area (Å²) in [6, 6.07) is 8.00. The monoisotopic (exact) mass is 190 g/mol. The molecule has 2 rings (SSSR count). The van der Waals surface area contributed by atoms with Crippen LogP contribution in [-0.2, 0) is 6.42 Å². The van der Waals surface area contributed by atoms with Crippen molar-refractivity contribution >= 4 is 0 Å². The van der Waals surface area contributed by atoms with Crippen molar-refractivity contribution < 1.29 is 4.52 Å². The summed E-state index contributed by atoms with van der Waals surface area (Å²) in [6.45, 7) is 2.02. The summed E-state index contributed by atoms with van der Waals surface area (Å²) in [4.78, 5) is 14.3. The van der Waals surface area contributed by atoms with E-state index in [0.29, 0.717) is 12.3 Å². The average Bonchev–Trinajstić information content (AvgIpc) is 2.51. The number of nitrogens with zero attached hydrogens (tertiary/aromatic N) is 1. The molecule has 4 nitrogen and oxygen atoms in total. The van der Waals surface area contributed by atoms with E-state index in [0.717, 1.165) is 5.56 Å². The summed E-state index contributed by atoms with van der Waals surface area (Å²) in [5, 5.41) is 2.16. The van der Waals surface area contributed by atoms with Crippen LogP contribution in [-0.4, -0.2) is 10.1 Å². The Kier molecular flexibility index (Phi) is 2.18. The highest BCUT2D eigenvalue weighted by Gasteiger charge is 2.02. The minimum Gasteiger partial charge on any atom is -0.362 e. The van der Waals surface area contributed by atoms with Gasteiger partial charge < -0.3 is 4.52 Å². The van der Waals surface area contributed by atoms with E-state index in [1.165, 1.54) is 5.56 Å². The molecule has 0 unspecified atom stereocenters. The van der Waals surface area contributed by atoms with Crippen molar-refractivity contribution in [3.05, 3.63) is 51.8 Å². The highest BCUT2D eigenvalue weighted by molar-refractivity contribution is 5.24. The summed E-state index contributed by atoms with van der Waals surface area (Å²) >= 11 is 0. The van der Waals surface area contributed by atoms with Crippen LogP contribution < -0.4 is 5.69 Å². The zero-order valence-electron chi connectivity index (χ0n) is 7.78. The van der Waals surface area contributed by atoms with Gasteiger partial charge in [-0.3, -0.25) is 0 Å². The van der Waals surface area contributed by atoms with E-state index in [-0.39, 0.29) is 0 Å². The molecule has 0 amide bonds. The summed E-state index contributed by atoms with van der Waals surface area (Å²) in [5.74, 6) is 0.417. The largest absolute Gasteiger partial charge is 0.377 e. The molecule has 1 aromatic carbocycles. The van der Waals surface area contributed by atoms with Gasteiger partial charge in [0, 0.05) is 0 Å². The zero-order valence-corrected chi connectivity index (χ0v) is 7.78. The van der Waals surface area contributed by atoms with Gasteiger partial charge >= 0.3 is 5.69 Å². The first-order chi connectivity index (χ1) is 6.74. The van der Waals surface area contributed by atoms with Crippen molar-refractivity contribution in [2.24, 2.45) is 0 Å². The molecule has 0 radical (unpaired) electrons. The van der Waals surface area contributed by atoms with E-state index in [1.54, 1.807) is 0 Å². The second-order valence-electron chi connectivity index (χ2n) is 3.18. The zero-order chi connectivity index (χ0) is 9.97. The number of aromatic amines is 1. The lowest BCUT2D eigenvalue weighted by Gasteiger charge is -1.97. The summed E-state index contributed by atoms with van der Waals surface area (Å²) in [7, 11) is 0. The van der Waals surface area contributed by atoms with E-state index in [9.17, 15) is 4.79 Å². The SMILES string of the molecule is Cc1cccc(Cc2nc(=O)[nH]o2)c1. The van der Waals surface area contributed by atoms with Crippen molar-refractivity contribution in [1.82, 2.24) is 10.1 Å². The number of H-pyrrole nitrogens is 1. The van der Waals surface area contributed by atoms with Gasteiger partial charge in [0.15, 0.2) is 0 Å². The number of hydrogen-bond acceptors (Lipinski definition) is 3. The van der Waals surface area contributed by atoms with Crippen LogP contribution >= 0.6 is 0 Å². The number of hydrogen-bond donors (Lipinski definition) is 1. The number of nitrogens with one attached hydrogen (secondary N) is 1. The standard InChI is InChI=1S/C10H10N2O2/c1-7-3-2-4-8(5-7)6-9-11-10(13)12-14-9/h2-5H,6H2,1H3,(H,12,13). The highest BCUT2D eigenvalue weighted by Crippen LogP contribution is 2.07. The third kappa shape index (κ3) is 1.90. The molecule has 1 heterocycles. The molecule has 1 N–H and O–H groups in total. The molecule has 0 aliphatic heterocycles. The van der Waals surface area contributed by atoms with Crippen molar-refractivity contribution in [3.63, 3.8) is 0 Å². The van der Waals surface area contributed by atoms with E-state index < -0.39 is 5.69 Å². The smallest absolute Gasteiger partial charge is 0.362 e. The average molecular weight is 190 g/mol. The van der Waals surface area contributed by atoms with Gasteiger partial charge in [-0.05, 0) is 12.5 Å². The molecule has 1 aromatic heterocycles. The topological polar surface area (TPSA) is 58.9 Å². The Balaban J connectivity index is 2.22. The second-order valence-corrected chi connectivity index (χ2v) is 3.18. The van der Waals surface area contributed by atoms with Gasteiger partial charge in [-0.2, -0.15) is 10.1 Å². The molecule has 0 spiro atoms. The quantitative estimate of drug-likeness (QED) is 0.775. The minimum atomic E-state index is -0.437. The molecule has 72 valence electrons. The van der Waals surface area contributed by atoms with E-state index in [1.807, 2.05) is 31.2 Å². The Morgan fingerprint density at radius 3 is 3.00 bits per heavy atom. The number of rotatable bonds is 2. The Morgan fingerprint density at radius 1 is 1.50 bits per heavy atom. The fraction of sp³-hybridized carbons (Fsp3) is 0.200. The fourth-order valence-electron chi connectivity index (χ4n) is 1.33. The van der Waals surface area contributed by atoms with Gasteiger partial charge in [-0.1, -0.05) is 29.8 Å². The molecule has 0 saturated heterocycles. The molecule has 14 heavy (non-hydrogen) atoms. The van der Waals surface area contributed by atoms with Gasteiger partial charge in [0.2, 0.25) is 5.89 Å². The maximum absolute atomic E-state index is 10.7. The number of aromatic nitrogens is 2. The van der Waals surface area contributed by atoms with Crippen molar-refractivity contribution in [2.45, 2.75) is 13.3 Å². The third-order valence-corrected chi connectivity index (χ3v) is 1.92. The van der Waals surface area contributed by atoms with Crippen LogP contribution in [0.15, 0.2) is 33.6 Å². The van der Waals surface area contributed by atoms with Crippen LogP contribution in [0.1, 0.15) is 17.0 Å². The Labute approximate surface area is 80.6 Å². The molecule has 0 bridgehead atoms. The molecule has 0 atom stereocenters. The predicted molar refractivity (Wildman–Crippen MR) is 51.1 cm³/mol. The van der Waals surface area contributed by atoms with Crippen molar-refractivity contribution in [3.8, 4) is 0 Å². The van der Waals surface area contributed by atoms with Gasteiger partial charge in [-0.25, -0.2) is 4.79 Å². The molecule has 0 aliphatic rings. The lowest BCUT2D eigenvalue weighted by Crippen LogP contribution is -2.01. The maximum atomic E-state index is 10.7. The van der Waals surface area contributed by atoms with E-state index in [4.69, 9.17) is 4.52 Å². The van der Waals surface area contributed by atoms with Crippen molar-refractivity contribution in [2.75, 3.05) is 0 Å². The van der Waals surface area contributed by atoms with Gasteiger partial charge in [0.1, 0.15) is 0 Å². The van der Waals surface area contributed by atoms with Crippen LogP contribution in [0.5, 0.6) is 0 Å². The van der Waals surface area contributed by atoms with E-state index in [2.05, 4.69) is 10.1 Å². The van der Waals surface area contributed by atoms with Crippen LogP contribution in [0.25, 0.3) is 0 Å². The predicted octanol–water partition coefficient (Wildman–Crippen LogP) is 1.26. The summed E-state index contributed by atoms with van der Waals surface area (Å²) in [5.41, 5.74) is 1.83. The number of aryl methyl sites for hydroxylation is 1. The van der Waals surface area contributed by atoms with Gasteiger partial charge in [0.05, 0.1) is 6.42 Å². The first kappa shape index (κ1) is 8.74. The number of benzene rings is 1. The molecule has 2 aromatic rings. The maximum Gasteiger partial charge on any atom is 0.377 e. The van der Waals surface area contributed by atoms with Gasteiger partial charge in [-0.15, -0.1) is 0 Å². The molecular formula is C10H10N2O2. The molecule has 0 saturated carbocycles. The Morgan fingerprint density at radius 2 is 2.36 bits per heavy atom. The molecule has 0 aliphatic carbocycles. The molecular weight excluding hydrogens is 180 g/mol. The summed E-state index contributed by atoms with van der Waals surface area (Å²) < 4.78 is 4.86.